The van der Waals surface area contributed by atoms with Crippen molar-refractivity contribution in [3.8, 4) is 0 Å². The lowest BCUT2D eigenvalue weighted by Crippen LogP contribution is -2.52. The number of Topliss-reactive ketones (excluding diaryl/α,β-unsaturated/α-hetero) is 2. The Hall–Kier alpha value is -2.31. The van der Waals surface area contributed by atoms with Crippen LogP contribution in [0.15, 0.2) is 22.9 Å². The van der Waals surface area contributed by atoms with Crippen molar-refractivity contribution in [3.05, 3.63) is 22.9 Å². The molecule has 6 atom stereocenters. The molecule has 0 unspecified atom stereocenters. The molecule has 4 aliphatic carbocycles. The molecule has 0 aromatic heterocycles. The molecule has 0 aromatic rings. The van der Waals surface area contributed by atoms with Gasteiger partial charge < -0.3 is 20.1 Å². The van der Waals surface area contributed by atoms with E-state index in [-0.39, 0.29) is 47.2 Å². The van der Waals surface area contributed by atoms with E-state index in [0.29, 0.717) is 18.4 Å². The van der Waals surface area contributed by atoms with E-state index in [2.05, 4.69) is 6.92 Å². The fourth-order valence-electron chi connectivity index (χ4n) is 7.29. The van der Waals surface area contributed by atoms with E-state index >= 15 is 0 Å². The van der Waals surface area contributed by atoms with Crippen LogP contribution in [0, 0.1) is 34.5 Å². The van der Waals surface area contributed by atoms with Gasteiger partial charge in [0.05, 0.1) is 5.41 Å². The Morgan fingerprint density at radius 2 is 1.73 bits per heavy atom. The highest BCUT2D eigenvalue weighted by Gasteiger charge is 2.62. The van der Waals surface area contributed by atoms with E-state index in [1.807, 2.05) is 6.92 Å². The van der Waals surface area contributed by atoms with Crippen molar-refractivity contribution in [3.63, 3.8) is 0 Å². The van der Waals surface area contributed by atoms with E-state index < -0.39 is 28.7 Å². The van der Waals surface area contributed by atoms with Crippen LogP contribution < -0.4 is 0 Å². The number of carbonyl (C=O) groups is 3. The van der Waals surface area contributed by atoms with Gasteiger partial charge in [-0.2, -0.15) is 0 Å². The number of fused-ring (bicyclic) bond motifs is 5. The molecular weight excluding hydrogens is 388 g/mol. The standard InChI is InChI=1S/C23H30O7/c1-11(24)30-10-17(25)15-7-6-13-12-4-5-16-18(26)19(27)20(28)21(29)23(16,3)14(12)8-9-22(13,15)2/h12-15,26,28-29H,4-10H2,1-3H3/t12-,13-,14-,15-,22-,23+/m0/s1. The number of hydrogen-bond acceptors (Lipinski definition) is 7. The molecule has 4 aliphatic rings. The quantitative estimate of drug-likeness (QED) is 0.598. The van der Waals surface area contributed by atoms with E-state index in [4.69, 9.17) is 4.74 Å². The van der Waals surface area contributed by atoms with Crippen LogP contribution in [-0.2, 0) is 19.1 Å². The molecule has 7 heteroatoms. The number of rotatable bonds is 3. The molecule has 0 radical (unpaired) electrons. The van der Waals surface area contributed by atoms with Crippen molar-refractivity contribution in [2.45, 2.75) is 59.3 Å². The SMILES string of the molecule is CC(=O)OCC(=O)[C@@H]1CC[C@H]2[C@@H]3CCC4=C(O)C(=O)C(O)=C(O)[C@]4(C)[C@H]3CC[C@]12C. The lowest BCUT2D eigenvalue weighted by atomic mass is 9.47. The van der Waals surface area contributed by atoms with Gasteiger partial charge in [-0.3, -0.25) is 14.4 Å². The maximum Gasteiger partial charge on any atom is 0.303 e. The summed E-state index contributed by atoms with van der Waals surface area (Å²) >= 11 is 0. The zero-order valence-electron chi connectivity index (χ0n) is 17.7. The molecule has 7 nitrogen and oxygen atoms in total. The highest BCUT2D eigenvalue weighted by molar-refractivity contribution is 6.07. The van der Waals surface area contributed by atoms with Crippen LogP contribution in [0.1, 0.15) is 59.3 Å². The van der Waals surface area contributed by atoms with Gasteiger partial charge in [0.1, 0.15) is 12.4 Å². The third-order valence-corrected chi connectivity index (χ3v) is 8.77. The first-order valence-electron chi connectivity index (χ1n) is 10.8. The van der Waals surface area contributed by atoms with Crippen molar-refractivity contribution in [1.82, 2.24) is 0 Å². The van der Waals surface area contributed by atoms with Crippen LogP contribution in [0.5, 0.6) is 0 Å². The molecule has 0 spiro atoms. The Kier molecular flexibility index (Phi) is 4.79. The molecule has 3 saturated carbocycles. The van der Waals surface area contributed by atoms with E-state index in [1.54, 1.807) is 0 Å². The molecule has 3 fully saturated rings. The number of allylic oxidation sites excluding steroid dienone is 1. The normalized spacial score (nSPS) is 40.6. The van der Waals surface area contributed by atoms with E-state index in [1.165, 1.54) is 6.92 Å². The Morgan fingerprint density at radius 3 is 2.40 bits per heavy atom. The maximum atomic E-state index is 12.8. The van der Waals surface area contributed by atoms with E-state index in [0.717, 1.165) is 25.7 Å². The monoisotopic (exact) mass is 418 g/mol. The average Bonchev–Trinajstić information content (AvgIpc) is 3.06. The van der Waals surface area contributed by atoms with Crippen LogP contribution in [0.3, 0.4) is 0 Å². The van der Waals surface area contributed by atoms with Crippen LogP contribution in [0.2, 0.25) is 0 Å². The van der Waals surface area contributed by atoms with Crippen LogP contribution in [0.4, 0.5) is 0 Å². The van der Waals surface area contributed by atoms with Gasteiger partial charge in [0, 0.05) is 12.8 Å². The number of aliphatic hydroxyl groups excluding tert-OH is 3. The summed E-state index contributed by atoms with van der Waals surface area (Å²) in [6.45, 7) is 5.08. The van der Waals surface area contributed by atoms with Crippen LogP contribution in [0.25, 0.3) is 0 Å². The largest absolute Gasteiger partial charge is 0.507 e. The van der Waals surface area contributed by atoms with Gasteiger partial charge in [-0.25, -0.2) is 0 Å². The summed E-state index contributed by atoms with van der Waals surface area (Å²) in [6, 6.07) is 0. The number of aliphatic hydroxyl groups is 3. The summed E-state index contributed by atoms with van der Waals surface area (Å²) in [4.78, 5) is 36.0. The number of esters is 1. The smallest absolute Gasteiger partial charge is 0.303 e. The van der Waals surface area contributed by atoms with Crippen molar-refractivity contribution in [2.24, 2.45) is 34.5 Å². The summed E-state index contributed by atoms with van der Waals surface area (Å²) < 4.78 is 4.96. The molecule has 0 amide bonds. The molecule has 0 bridgehead atoms. The Balaban J connectivity index is 1.64. The lowest BCUT2D eigenvalue weighted by Gasteiger charge is -2.57. The minimum atomic E-state index is -0.966. The van der Waals surface area contributed by atoms with Crippen molar-refractivity contribution >= 4 is 17.5 Å². The summed E-state index contributed by atoms with van der Waals surface area (Å²) in [5.41, 5.74) is -0.649. The van der Waals surface area contributed by atoms with Gasteiger partial charge in [0.2, 0.25) is 5.76 Å². The molecule has 0 aromatic carbocycles. The summed E-state index contributed by atoms with van der Waals surface area (Å²) in [7, 11) is 0. The van der Waals surface area contributed by atoms with Gasteiger partial charge in [0.15, 0.2) is 11.5 Å². The number of carbonyl (C=O) groups excluding carboxylic acids is 3. The van der Waals surface area contributed by atoms with Gasteiger partial charge in [-0.05, 0) is 74.2 Å². The molecule has 0 aliphatic heterocycles. The number of ether oxygens (including phenoxy) is 1. The fraction of sp³-hybridized carbons (Fsp3) is 0.696. The second-order valence-corrected chi connectivity index (χ2v) is 9.89. The number of hydrogen-bond donors (Lipinski definition) is 3. The number of ketones is 2. The highest BCUT2D eigenvalue weighted by atomic mass is 16.5. The molecule has 164 valence electrons. The fourth-order valence-corrected chi connectivity index (χ4v) is 7.29. The molecule has 0 heterocycles. The van der Waals surface area contributed by atoms with Gasteiger partial charge in [-0.15, -0.1) is 0 Å². The molecular formula is C23H30O7. The van der Waals surface area contributed by atoms with E-state index in [9.17, 15) is 29.7 Å². The van der Waals surface area contributed by atoms with Gasteiger partial charge >= 0.3 is 5.97 Å². The second-order valence-electron chi connectivity index (χ2n) is 9.89. The first kappa shape index (κ1) is 20.9. The zero-order chi connectivity index (χ0) is 22.0. The predicted molar refractivity (Wildman–Crippen MR) is 106 cm³/mol. The summed E-state index contributed by atoms with van der Waals surface area (Å²) in [6.07, 6.45) is 4.36. The van der Waals surface area contributed by atoms with Crippen molar-refractivity contribution in [2.75, 3.05) is 6.61 Å². The maximum absolute atomic E-state index is 12.8. The summed E-state index contributed by atoms with van der Waals surface area (Å²) in [5.74, 6) is -2.64. The highest BCUT2D eigenvalue weighted by Crippen LogP contribution is 2.67. The molecule has 0 saturated heterocycles. The van der Waals surface area contributed by atoms with Crippen LogP contribution in [-0.4, -0.2) is 39.5 Å². The first-order valence-corrected chi connectivity index (χ1v) is 10.8. The predicted octanol–water partition coefficient (Wildman–Crippen LogP) is 3.70. The second kappa shape index (κ2) is 6.86. The molecule has 4 rings (SSSR count). The Morgan fingerprint density at radius 1 is 1.03 bits per heavy atom. The van der Waals surface area contributed by atoms with Crippen LogP contribution >= 0.6 is 0 Å². The molecule has 3 N–H and O–H groups in total. The summed E-state index contributed by atoms with van der Waals surface area (Å²) in [5, 5.41) is 31.4. The van der Waals surface area contributed by atoms with Crippen molar-refractivity contribution in [1.29, 1.82) is 0 Å². The third kappa shape index (κ3) is 2.66. The minimum absolute atomic E-state index is 0.0287. The van der Waals surface area contributed by atoms with Gasteiger partial charge in [-0.1, -0.05) is 6.92 Å². The Labute approximate surface area is 175 Å². The van der Waals surface area contributed by atoms with Crippen molar-refractivity contribution < 1.29 is 34.4 Å². The minimum Gasteiger partial charge on any atom is -0.507 e. The third-order valence-electron chi connectivity index (χ3n) is 8.77. The lowest BCUT2D eigenvalue weighted by molar-refractivity contribution is -0.149. The van der Waals surface area contributed by atoms with Gasteiger partial charge in [0.25, 0.3) is 5.78 Å². The zero-order valence-corrected chi connectivity index (χ0v) is 17.7. The average molecular weight is 418 g/mol. The topological polar surface area (TPSA) is 121 Å². The first-order chi connectivity index (χ1) is 14.0. The molecule has 30 heavy (non-hydrogen) atoms. The Bertz CT molecular complexity index is 884.